The first-order chi connectivity index (χ1) is 11.8. The van der Waals surface area contributed by atoms with Crippen LogP contribution in [0.1, 0.15) is 37.0 Å². The Kier molecular flexibility index (Phi) is 5.61. The van der Waals surface area contributed by atoms with Gasteiger partial charge in [0.15, 0.2) is 11.6 Å². The molecule has 0 unspecified atom stereocenters. The van der Waals surface area contributed by atoms with Crippen molar-refractivity contribution >= 4 is 17.5 Å². The number of hydrogen-bond acceptors (Lipinski definition) is 3. The van der Waals surface area contributed by atoms with E-state index < -0.39 is 11.6 Å². The second-order valence-corrected chi connectivity index (χ2v) is 7.42. The van der Waals surface area contributed by atoms with Gasteiger partial charge in [-0.05, 0) is 38.8 Å². The molecule has 1 aromatic carbocycles. The molecule has 0 aliphatic carbocycles. The zero-order chi connectivity index (χ0) is 18.1. The number of amides is 1. The third-order valence-electron chi connectivity index (χ3n) is 4.84. The van der Waals surface area contributed by atoms with E-state index in [9.17, 15) is 13.6 Å². The summed E-state index contributed by atoms with van der Waals surface area (Å²) in [4.78, 5) is 16.9. The first kappa shape index (κ1) is 18.5. The lowest BCUT2D eigenvalue weighted by Crippen LogP contribution is -2.51. The summed E-state index contributed by atoms with van der Waals surface area (Å²) < 4.78 is 32.5. The minimum absolute atomic E-state index is 0.0242. The van der Waals surface area contributed by atoms with Gasteiger partial charge < -0.3 is 9.64 Å². The zero-order valence-electron chi connectivity index (χ0n) is 14.5. The molecule has 0 aromatic heterocycles. The fourth-order valence-corrected chi connectivity index (χ4v) is 4.10. The minimum atomic E-state index is -1.06. The number of nitrogens with zero attached hydrogens (tertiary/aromatic N) is 2. The Bertz CT molecular complexity index is 648. The van der Waals surface area contributed by atoms with Gasteiger partial charge in [-0.15, -0.1) is 0 Å². The molecular weight excluding hydrogens is 350 g/mol. The molecule has 25 heavy (non-hydrogen) atoms. The molecule has 2 aliphatic heterocycles. The van der Waals surface area contributed by atoms with E-state index >= 15 is 0 Å². The number of ether oxygens (including phenoxy) is 1. The number of halogens is 3. The van der Waals surface area contributed by atoms with Gasteiger partial charge in [0.2, 0.25) is 0 Å². The Morgan fingerprint density at radius 2 is 1.88 bits per heavy atom. The van der Waals surface area contributed by atoms with Crippen molar-refractivity contribution in [1.82, 2.24) is 9.80 Å². The van der Waals surface area contributed by atoms with Crippen LogP contribution in [-0.2, 0) is 4.74 Å². The first-order valence-corrected chi connectivity index (χ1v) is 9.06. The maximum atomic E-state index is 13.5. The molecule has 138 valence electrons. The van der Waals surface area contributed by atoms with Crippen LogP contribution in [0.15, 0.2) is 12.1 Å². The minimum Gasteiger partial charge on any atom is -0.373 e. The fourth-order valence-electron chi connectivity index (χ4n) is 3.87. The van der Waals surface area contributed by atoms with Crippen molar-refractivity contribution in [2.45, 2.75) is 44.9 Å². The van der Waals surface area contributed by atoms with Crippen molar-refractivity contribution in [3.63, 3.8) is 0 Å². The summed E-state index contributed by atoms with van der Waals surface area (Å²) in [6.07, 6.45) is 2.12. The van der Waals surface area contributed by atoms with Crippen LogP contribution in [0.5, 0.6) is 0 Å². The number of carbonyl (C=O) groups is 1. The smallest absolute Gasteiger partial charge is 0.255 e. The molecule has 2 aliphatic rings. The van der Waals surface area contributed by atoms with Crippen LogP contribution in [0.2, 0.25) is 5.02 Å². The fraction of sp³-hybridized carbons (Fsp3) is 0.611. The molecule has 3 rings (SSSR count). The highest BCUT2D eigenvalue weighted by molar-refractivity contribution is 6.33. The van der Waals surface area contributed by atoms with Crippen LogP contribution in [0.25, 0.3) is 0 Å². The van der Waals surface area contributed by atoms with Crippen molar-refractivity contribution < 1.29 is 18.3 Å². The molecule has 4 nitrogen and oxygen atoms in total. The predicted octanol–water partition coefficient (Wildman–Crippen LogP) is 3.33. The van der Waals surface area contributed by atoms with Crippen LogP contribution < -0.4 is 0 Å². The maximum absolute atomic E-state index is 13.5. The van der Waals surface area contributed by atoms with Crippen LogP contribution in [0.3, 0.4) is 0 Å². The lowest BCUT2D eigenvalue weighted by Gasteiger charge is -2.38. The SMILES string of the molecule is C[C@@H]1CN(C[C@@H]2CCCN2C(=O)c2cc(F)c(F)cc2Cl)C[C@@H](C)O1. The maximum Gasteiger partial charge on any atom is 0.255 e. The molecule has 7 heteroatoms. The molecule has 3 atom stereocenters. The Morgan fingerprint density at radius 1 is 1.24 bits per heavy atom. The molecule has 0 spiro atoms. The number of likely N-dealkylation sites (tertiary alicyclic amines) is 1. The van der Waals surface area contributed by atoms with E-state index in [4.69, 9.17) is 16.3 Å². The van der Waals surface area contributed by atoms with E-state index in [0.717, 1.165) is 44.6 Å². The second kappa shape index (κ2) is 7.56. The Labute approximate surface area is 151 Å². The monoisotopic (exact) mass is 372 g/mol. The summed E-state index contributed by atoms with van der Waals surface area (Å²) >= 11 is 5.97. The third-order valence-corrected chi connectivity index (χ3v) is 5.16. The predicted molar refractivity (Wildman–Crippen MR) is 91.9 cm³/mol. The quantitative estimate of drug-likeness (QED) is 0.763. The Morgan fingerprint density at radius 3 is 2.56 bits per heavy atom. The molecule has 0 N–H and O–H groups in total. The van der Waals surface area contributed by atoms with Gasteiger partial charge >= 0.3 is 0 Å². The lowest BCUT2D eigenvalue weighted by atomic mass is 10.1. The zero-order valence-corrected chi connectivity index (χ0v) is 15.2. The average molecular weight is 373 g/mol. The standard InChI is InChI=1S/C18H23ClF2N2O2/c1-11-8-22(9-12(2)25-11)10-13-4-3-5-23(13)18(24)14-6-16(20)17(21)7-15(14)19/h6-7,11-13H,3-5,8-10H2,1-2H3/t11-,12-,13+/m1/s1. The van der Waals surface area contributed by atoms with E-state index in [1.165, 1.54) is 0 Å². The molecule has 0 saturated carbocycles. The highest BCUT2D eigenvalue weighted by atomic mass is 35.5. The molecule has 0 bridgehead atoms. The van der Waals surface area contributed by atoms with Crippen LogP contribution in [0.4, 0.5) is 8.78 Å². The number of carbonyl (C=O) groups excluding carboxylic acids is 1. The number of hydrogen-bond donors (Lipinski definition) is 0. The van der Waals surface area contributed by atoms with Gasteiger partial charge in [0.05, 0.1) is 22.8 Å². The van der Waals surface area contributed by atoms with Gasteiger partial charge in [-0.1, -0.05) is 11.6 Å². The molecular formula is C18H23ClF2N2O2. The highest BCUT2D eigenvalue weighted by Crippen LogP contribution is 2.27. The van der Waals surface area contributed by atoms with E-state index in [-0.39, 0.29) is 34.7 Å². The molecule has 1 aromatic rings. The van der Waals surface area contributed by atoms with Crippen molar-refractivity contribution in [3.8, 4) is 0 Å². The van der Waals surface area contributed by atoms with Crippen molar-refractivity contribution in [3.05, 3.63) is 34.4 Å². The van der Waals surface area contributed by atoms with Gasteiger partial charge in [-0.2, -0.15) is 0 Å². The first-order valence-electron chi connectivity index (χ1n) is 8.68. The molecule has 0 radical (unpaired) electrons. The third kappa shape index (κ3) is 4.13. The number of morpholine rings is 1. The molecule has 1 amide bonds. The van der Waals surface area contributed by atoms with Gasteiger partial charge in [0.25, 0.3) is 5.91 Å². The van der Waals surface area contributed by atoms with Gasteiger partial charge in [0.1, 0.15) is 0 Å². The van der Waals surface area contributed by atoms with Gasteiger partial charge in [-0.25, -0.2) is 8.78 Å². The molecule has 2 heterocycles. The average Bonchev–Trinajstić information content (AvgIpc) is 2.97. The number of rotatable bonds is 3. The van der Waals surface area contributed by atoms with Crippen molar-refractivity contribution in [2.75, 3.05) is 26.2 Å². The van der Waals surface area contributed by atoms with Crippen LogP contribution >= 0.6 is 11.6 Å². The Balaban J connectivity index is 1.73. The summed E-state index contributed by atoms with van der Waals surface area (Å²) in [6.45, 7) is 7.10. The summed E-state index contributed by atoms with van der Waals surface area (Å²) in [5.41, 5.74) is 0.0242. The number of benzene rings is 1. The van der Waals surface area contributed by atoms with Crippen molar-refractivity contribution in [1.29, 1.82) is 0 Å². The second-order valence-electron chi connectivity index (χ2n) is 7.02. The van der Waals surface area contributed by atoms with Crippen LogP contribution in [-0.4, -0.2) is 60.1 Å². The lowest BCUT2D eigenvalue weighted by molar-refractivity contribution is -0.0715. The van der Waals surface area contributed by atoms with E-state index in [1.807, 2.05) is 13.8 Å². The normalized spacial score (nSPS) is 27.7. The summed E-state index contributed by atoms with van der Waals surface area (Å²) in [5, 5.41) is -0.0526. The Hall–Kier alpha value is -1.24. The van der Waals surface area contributed by atoms with Gasteiger partial charge in [0, 0.05) is 32.2 Å². The van der Waals surface area contributed by atoms with Crippen LogP contribution in [0, 0.1) is 11.6 Å². The molecule has 2 saturated heterocycles. The van der Waals surface area contributed by atoms with Gasteiger partial charge in [-0.3, -0.25) is 9.69 Å². The highest BCUT2D eigenvalue weighted by Gasteiger charge is 2.33. The van der Waals surface area contributed by atoms with E-state index in [2.05, 4.69) is 4.90 Å². The summed E-state index contributed by atoms with van der Waals surface area (Å²) in [7, 11) is 0. The summed E-state index contributed by atoms with van der Waals surface area (Å²) in [6, 6.07) is 1.81. The summed E-state index contributed by atoms with van der Waals surface area (Å²) in [5.74, 6) is -2.43. The van der Waals surface area contributed by atoms with E-state index in [1.54, 1.807) is 4.90 Å². The van der Waals surface area contributed by atoms with E-state index in [0.29, 0.717) is 6.54 Å². The van der Waals surface area contributed by atoms with Crippen molar-refractivity contribution in [2.24, 2.45) is 0 Å². The molecule has 2 fully saturated rings. The largest absolute Gasteiger partial charge is 0.373 e. The topological polar surface area (TPSA) is 32.8 Å².